The Kier molecular flexibility index (Phi) is 4.43. The number of hydrogen-bond acceptors (Lipinski definition) is 2. The maximum Gasteiger partial charge on any atom is 0.225 e. The highest BCUT2D eigenvalue weighted by Crippen LogP contribution is 2.27. The van der Waals surface area contributed by atoms with E-state index < -0.39 is 0 Å². The molecule has 0 spiro atoms. The Morgan fingerprint density at radius 2 is 1.94 bits per heavy atom. The minimum atomic E-state index is 0.196. The van der Waals surface area contributed by atoms with Crippen molar-refractivity contribution in [3.8, 4) is 0 Å². The van der Waals surface area contributed by atoms with E-state index in [1.165, 1.54) is 19.3 Å². The molecule has 17 heavy (non-hydrogen) atoms. The van der Waals surface area contributed by atoms with Gasteiger partial charge >= 0.3 is 0 Å². The summed E-state index contributed by atoms with van der Waals surface area (Å²) in [6, 6.07) is 0.196. The minimum absolute atomic E-state index is 0.196. The van der Waals surface area contributed by atoms with Gasteiger partial charge in [0.2, 0.25) is 5.91 Å². The van der Waals surface area contributed by atoms with Crippen molar-refractivity contribution in [3.63, 3.8) is 0 Å². The zero-order chi connectivity index (χ0) is 12.3. The number of likely N-dealkylation sites (tertiary alicyclic amines) is 1. The molecule has 98 valence electrons. The summed E-state index contributed by atoms with van der Waals surface area (Å²) in [5.74, 6) is 1.30. The molecule has 2 aliphatic rings. The highest BCUT2D eigenvalue weighted by Gasteiger charge is 2.31. The minimum Gasteiger partial charge on any atom is -0.341 e. The molecule has 0 bridgehead atoms. The van der Waals surface area contributed by atoms with Gasteiger partial charge in [0.05, 0.1) is 0 Å². The molecular formula is C14H26N2O. The number of carbonyl (C=O) groups is 1. The van der Waals surface area contributed by atoms with Gasteiger partial charge in [0.25, 0.3) is 0 Å². The third-order valence-electron chi connectivity index (χ3n) is 4.60. The van der Waals surface area contributed by atoms with E-state index in [0.29, 0.717) is 17.7 Å². The highest BCUT2D eigenvalue weighted by atomic mass is 16.2. The molecule has 3 heteroatoms. The molecule has 0 aromatic rings. The number of piperidine rings is 1. The first-order chi connectivity index (χ1) is 8.22. The van der Waals surface area contributed by atoms with Crippen LogP contribution in [0.25, 0.3) is 0 Å². The van der Waals surface area contributed by atoms with Crippen molar-refractivity contribution in [3.05, 3.63) is 0 Å². The monoisotopic (exact) mass is 238 g/mol. The molecule has 3 nitrogen and oxygen atoms in total. The van der Waals surface area contributed by atoms with Gasteiger partial charge in [0.1, 0.15) is 0 Å². The van der Waals surface area contributed by atoms with E-state index in [1.807, 2.05) is 4.90 Å². The van der Waals surface area contributed by atoms with Crippen LogP contribution in [0, 0.1) is 11.8 Å². The largest absolute Gasteiger partial charge is 0.341 e. The molecule has 0 aromatic heterocycles. The van der Waals surface area contributed by atoms with Crippen LogP contribution in [0.15, 0.2) is 0 Å². The fourth-order valence-electron chi connectivity index (χ4n) is 3.35. The summed E-state index contributed by atoms with van der Waals surface area (Å²) in [4.78, 5) is 14.4. The standard InChI is InChI=1S/C14H26N2O/c1-2-11-8-9-16(10-13(11)15)14(17)12-6-4-3-5-7-12/h11-13H,2-10,15H2,1H3. The molecule has 1 saturated heterocycles. The second-order valence-corrected chi connectivity index (χ2v) is 5.74. The van der Waals surface area contributed by atoms with E-state index in [0.717, 1.165) is 38.8 Å². The van der Waals surface area contributed by atoms with Gasteiger partial charge in [-0.25, -0.2) is 0 Å². The first-order valence-corrected chi connectivity index (χ1v) is 7.26. The topological polar surface area (TPSA) is 46.3 Å². The zero-order valence-corrected chi connectivity index (χ0v) is 11.0. The van der Waals surface area contributed by atoms with Crippen molar-refractivity contribution in [1.29, 1.82) is 0 Å². The summed E-state index contributed by atoms with van der Waals surface area (Å²) >= 11 is 0. The number of rotatable bonds is 2. The van der Waals surface area contributed by atoms with Crippen LogP contribution < -0.4 is 5.73 Å². The van der Waals surface area contributed by atoms with Crippen LogP contribution in [0.4, 0.5) is 0 Å². The first-order valence-electron chi connectivity index (χ1n) is 7.26. The molecule has 2 fully saturated rings. The van der Waals surface area contributed by atoms with Crippen LogP contribution in [0.1, 0.15) is 51.9 Å². The fraction of sp³-hybridized carbons (Fsp3) is 0.929. The summed E-state index contributed by atoms with van der Waals surface area (Å²) in [7, 11) is 0. The number of hydrogen-bond donors (Lipinski definition) is 1. The third kappa shape index (κ3) is 3.01. The molecule has 1 saturated carbocycles. The Morgan fingerprint density at radius 3 is 2.53 bits per heavy atom. The molecule has 1 aliphatic carbocycles. The Bertz CT molecular complexity index is 261. The summed E-state index contributed by atoms with van der Waals surface area (Å²) < 4.78 is 0. The van der Waals surface area contributed by atoms with E-state index in [1.54, 1.807) is 0 Å². The molecule has 0 aromatic carbocycles. The molecule has 1 heterocycles. The third-order valence-corrected chi connectivity index (χ3v) is 4.60. The summed E-state index contributed by atoms with van der Waals surface area (Å²) in [5.41, 5.74) is 6.15. The molecule has 0 radical (unpaired) electrons. The zero-order valence-electron chi connectivity index (χ0n) is 11.0. The van der Waals surface area contributed by atoms with Crippen LogP contribution in [0.3, 0.4) is 0 Å². The van der Waals surface area contributed by atoms with Crippen molar-refractivity contribution in [2.24, 2.45) is 17.6 Å². The lowest BCUT2D eigenvalue weighted by Crippen LogP contribution is -2.52. The van der Waals surface area contributed by atoms with Crippen LogP contribution >= 0.6 is 0 Å². The summed E-state index contributed by atoms with van der Waals surface area (Å²) in [6.45, 7) is 3.92. The van der Waals surface area contributed by atoms with Crippen LogP contribution in [0.5, 0.6) is 0 Å². The molecule has 2 unspecified atom stereocenters. The quantitative estimate of drug-likeness (QED) is 0.801. The van der Waals surface area contributed by atoms with Gasteiger partial charge in [0.15, 0.2) is 0 Å². The number of amides is 1. The lowest BCUT2D eigenvalue weighted by atomic mass is 9.86. The van der Waals surface area contributed by atoms with Gasteiger partial charge in [-0.1, -0.05) is 32.6 Å². The lowest BCUT2D eigenvalue weighted by Gasteiger charge is -2.38. The Hall–Kier alpha value is -0.570. The van der Waals surface area contributed by atoms with Gasteiger partial charge in [-0.2, -0.15) is 0 Å². The van der Waals surface area contributed by atoms with Crippen molar-refractivity contribution < 1.29 is 4.79 Å². The number of nitrogens with zero attached hydrogens (tertiary/aromatic N) is 1. The normalized spacial score (nSPS) is 31.5. The van der Waals surface area contributed by atoms with Gasteiger partial charge < -0.3 is 10.6 Å². The molecule has 1 amide bonds. The van der Waals surface area contributed by atoms with Gasteiger partial charge in [-0.3, -0.25) is 4.79 Å². The van der Waals surface area contributed by atoms with Crippen LogP contribution in [0.2, 0.25) is 0 Å². The SMILES string of the molecule is CCC1CCN(C(=O)C2CCCCC2)CC1N. The maximum atomic E-state index is 12.4. The molecule has 1 aliphatic heterocycles. The lowest BCUT2D eigenvalue weighted by molar-refractivity contribution is -0.138. The first kappa shape index (κ1) is 12.9. The number of nitrogens with two attached hydrogens (primary N) is 1. The smallest absolute Gasteiger partial charge is 0.225 e. The van der Waals surface area contributed by atoms with Crippen molar-refractivity contribution in [2.45, 2.75) is 57.9 Å². The maximum absolute atomic E-state index is 12.4. The Morgan fingerprint density at radius 1 is 1.24 bits per heavy atom. The Labute approximate surface area is 105 Å². The second-order valence-electron chi connectivity index (χ2n) is 5.74. The predicted octanol–water partition coefficient (Wildman–Crippen LogP) is 2.15. The van der Waals surface area contributed by atoms with E-state index in [4.69, 9.17) is 5.73 Å². The van der Waals surface area contributed by atoms with E-state index in [9.17, 15) is 4.79 Å². The number of carbonyl (C=O) groups excluding carboxylic acids is 1. The van der Waals surface area contributed by atoms with Gasteiger partial charge in [-0.15, -0.1) is 0 Å². The molecule has 2 atom stereocenters. The van der Waals surface area contributed by atoms with E-state index in [-0.39, 0.29) is 6.04 Å². The average molecular weight is 238 g/mol. The molecular weight excluding hydrogens is 212 g/mol. The molecule has 2 N–H and O–H groups in total. The Balaban J connectivity index is 1.87. The van der Waals surface area contributed by atoms with E-state index >= 15 is 0 Å². The van der Waals surface area contributed by atoms with Crippen molar-refractivity contribution >= 4 is 5.91 Å². The van der Waals surface area contributed by atoms with Crippen LogP contribution in [-0.4, -0.2) is 29.9 Å². The second kappa shape index (κ2) is 5.85. The summed E-state index contributed by atoms with van der Waals surface area (Å²) in [5, 5.41) is 0. The summed E-state index contributed by atoms with van der Waals surface area (Å²) in [6.07, 6.45) is 8.20. The highest BCUT2D eigenvalue weighted by molar-refractivity contribution is 5.79. The molecule has 2 rings (SSSR count). The van der Waals surface area contributed by atoms with Crippen molar-refractivity contribution in [1.82, 2.24) is 4.90 Å². The van der Waals surface area contributed by atoms with Crippen LogP contribution in [-0.2, 0) is 4.79 Å². The van der Waals surface area contributed by atoms with Crippen molar-refractivity contribution in [2.75, 3.05) is 13.1 Å². The van der Waals surface area contributed by atoms with E-state index in [2.05, 4.69) is 6.92 Å². The average Bonchev–Trinajstić information content (AvgIpc) is 2.39. The predicted molar refractivity (Wildman–Crippen MR) is 69.5 cm³/mol. The van der Waals surface area contributed by atoms with Gasteiger partial charge in [-0.05, 0) is 25.2 Å². The fourth-order valence-corrected chi connectivity index (χ4v) is 3.35. The van der Waals surface area contributed by atoms with Gasteiger partial charge in [0, 0.05) is 25.0 Å².